The Balaban J connectivity index is 2.36. The van der Waals surface area contributed by atoms with Gasteiger partial charge in [-0.1, -0.05) is 62.4 Å². The number of hydrogen-bond donors (Lipinski definition) is 0. The molecule has 0 bridgehead atoms. The van der Waals surface area contributed by atoms with E-state index in [1.807, 2.05) is 62.4 Å². The van der Waals surface area contributed by atoms with Gasteiger partial charge in [0, 0.05) is 12.2 Å². The zero-order chi connectivity index (χ0) is 17.5. The van der Waals surface area contributed by atoms with Crippen molar-refractivity contribution in [2.24, 2.45) is 5.92 Å². The molecule has 0 saturated heterocycles. The number of anilines is 1. The Hall–Kier alpha value is -2.29. The molecule has 24 heavy (non-hydrogen) atoms. The van der Waals surface area contributed by atoms with E-state index in [2.05, 4.69) is 30.9 Å². The molecule has 1 unspecified atom stereocenters. The Kier molecular flexibility index (Phi) is 6.42. The SMILES string of the molecule is CC(C)OC(=O)C(C(C)C)N(Cc1ccccc1)c1ccccc1. The smallest absolute Gasteiger partial charge is 0.329 e. The Morgan fingerprint density at radius 3 is 1.96 bits per heavy atom. The van der Waals surface area contributed by atoms with Crippen molar-refractivity contribution < 1.29 is 9.53 Å². The minimum Gasteiger partial charge on any atom is -0.461 e. The lowest BCUT2D eigenvalue weighted by Gasteiger charge is -2.35. The van der Waals surface area contributed by atoms with Crippen LogP contribution in [0.4, 0.5) is 5.69 Å². The van der Waals surface area contributed by atoms with Crippen LogP contribution >= 0.6 is 0 Å². The number of hydrogen-bond acceptors (Lipinski definition) is 3. The number of rotatable bonds is 7. The van der Waals surface area contributed by atoms with Crippen molar-refractivity contribution >= 4 is 11.7 Å². The van der Waals surface area contributed by atoms with Crippen molar-refractivity contribution in [2.75, 3.05) is 4.90 Å². The first kappa shape index (κ1) is 18.1. The Morgan fingerprint density at radius 2 is 1.46 bits per heavy atom. The van der Waals surface area contributed by atoms with Gasteiger partial charge in [-0.3, -0.25) is 0 Å². The summed E-state index contributed by atoms with van der Waals surface area (Å²) in [6, 6.07) is 20.0. The molecular formula is C21H27NO2. The molecule has 0 spiro atoms. The number of nitrogens with zero attached hydrogens (tertiary/aromatic N) is 1. The van der Waals surface area contributed by atoms with Gasteiger partial charge in [0.2, 0.25) is 0 Å². The summed E-state index contributed by atoms with van der Waals surface area (Å²) in [5.41, 5.74) is 2.20. The Labute approximate surface area is 145 Å². The number of carbonyl (C=O) groups is 1. The van der Waals surface area contributed by atoms with Crippen LogP contribution in [0.3, 0.4) is 0 Å². The zero-order valence-electron chi connectivity index (χ0n) is 15.0. The minimum atomic E-state index is -0.324. The Morgan fingerprint density at radius 1 is 0.917 bits per heavy atom. The van der Waals surface area contributed by atoms with Gasteiger partial charge in [0.05, 0.1) is 6.10 Å². The summed E-state index contributed by atoms with van der Waals surface area (Å²) in [5.74, 6) is -0.0278. The van der Waals surface area contributed by atoms with E-state index >= 15 is 0 Å². The average Bonchev–Trinajstić information content (AvgIpc) is 2.55. The van der Waals surface area contributed by atoms with Crippen molar-refractivity contribution in [3.8, 4) is 0 Å². The highest BCUT2D eigenvalue weighted by atomic mass is 16.5. The van der Waals surface area contributed by atoms with Crippen LogP contribution in [0, 0.1) is 5.92 Å². The third-order valence-electron chi connectivity index (χ3n) is 3.84. The largest absolute Gasteiger partial charge is 0.461 e. The first-order valence-electron chi connectivity index (χ1n) is 8.55. The third kappa shape index (κ3) is 4.85. The number of benzene rings is 2. The summed E-state index contributed by atoms with van der Waals surface area (Å²) >= 11 is 0. The highest BCUT2D eigenvalue weighted by Crippen LogP contribution is 2.25. The highest BCUT2D eigenvalue weighted by Gasteiger charge is 2.31. The molecule has 0 heterocycles. The molecule has 0 amide bonds. The van der Waals surface area contributed by atoms with Crippen molar-refractivity contribution in [3.05, 3.63) is 66.2 Å². The lowest BCUT2D eigenvalue weighted by Crippen LogP contribution is -2.46. The first-order chi connectivity index (χ1) is 11.5. The second kappa shape index (κ2) is 8.53. The second-order valence-electron chi connectivity index (χ2n) is 6.62. The molecule has 3 nitrogen and oxygen atoms in total. The molecule has 0 fully saturated rings. The first-order valence-corrected chi connectivity index (χ1v) is 8.55. The molecule has 3 heteroatoms. The van der Waals surface area contributed by atoms with Crippen LogP contribution in [0.1, 0.15) is 33.3 Å². The third-order valence-corrected chi connectivity index (χ3v) is 3.84. The fourth-order valence-corrected chi connectivity index (χ4v) is 2.81. The summed E-state index contributed by atoms with van der Waals surface area (Å²) in [5, 5.41) is 0. The topological polar surface area (TPSA) is 29.5 Å². The molecule has 0 aliphatic carbocycles. The van der Waals surface area contributed by atoms with Gasteiger partial charge in [0.25, 0.3) is 0 Å². The van der Waals surface area contributed by atoms with Crippen LogP contribution in [0.5, 0.6) is 0 Å². The van der Waals surface area contributed by atoms with Gasteiger partial charge in [0.1, 0.15) is 6.04 Å². The van der Waals surface area contributed by atoms with Crippen LogP contribution in [0.2, 0.25) is 0 Å². The van der Waals surface area contributed by atoms with Gasteiger partial charge in [-0.2, -0.15) is 0 Å². The van der Waals surface area contributed by atoms with Crippen molar-refractivity contribution in [1.29, 1.82) is 0 Å². The van der Waals surface area contributed by atoms with Gasteiger partial charge in [-0.15, -0.1) is 0 Å². The van der Waals surface area contributed by atoms with E-state index in [1.165, 1.54) is 5.56 Å². The number of para-hydroxylation sites is 1. The summed E-state index contributed by atoms with van der Waals surface area (Å²) < 4.78 is 5.53. The van der Waals surface area contributed by atoms with Gasteiger partial charge in [-0.05, 0) is 37.5 Å². The average molecular weight is 325 g/mol. The summed E-state index contributed by atoms with van der Waals surface area (Å²) in [6.07, 6.45) is -0.118. The minimum absolute atomic E-state index is 0.118. The van der Waals surface area contributed by atoms with Crippen molar-refractivity contribution in [2.45, 2.75) is 46.4 Å². The predicted molar refractivity (Wildman–Crippen MR) is 98.9 cm³/mol. The highest BCUT2D eigenvalue weighted by molar-refractivity contribution is 5.80. The number of esters is 1. The van der Waals surface area contributed by atoms with Gasteiger partial charge >= 0.3 is 5.97 Å². The molecule has 2 aromatic carbocycles. The molecule has 0 radical (unpaired) electrons. The fourth-order valence-electron chi connectivity index (χ4n) is 2.81. The van der Waals surface area contributed by atoms with Gasteiger partial charge in [0.15, 0.2) is 0 Å². The number of ether oxygens (including phenoxy) is 1. The molecule has 0 aliphatic rings. The van der Waals surface area contributed by atoms with E-state index in [-0.39, 0.29) is 24.0 Å². The summed E-state index contributed by atoms with van der Waals surface area (Å²) in [6.45, 7) is 8.57. The monoisotopic (exact) mass is 325 g/mol. The predicted octanol–water partition coefficient (Wildman–Crippen LogP) is 4.67. The molecule has 0 aromatic heterocycles. The van der Waals surface area contributed by atoms with E-state index in [1.54, 1.807) is 0 Å². The second-order valence-corrected chi connectivity index (χ2v) is 6.62. The molecule has 0 saturated carbocycles. The Bertz CT molecular complexity index is 623. The van der Waals surface area contributed by atoms with Gasteiger partial charge in [-0.25, -0.2) is 4.79 Å². The van der Waals surface area contributed by atoms with Crippen LogP contribution in [-0.4, -0.2) is 18.1 Å². The van der Waals surface area contributed by atoms with E-state index in [9.17, 15) is 4.79 Å². The summed E-state index contributed by atoms with van der Waals surface area (Å²) in [7, 11) is 0. The normalized spacial score (nSPS) is 12.2. The maximum absolute atomic E-state index is 12.7. The van der Waals surface area contributed by atoms with E-state index < -0.39 is 0 Å². The molecule has 2 aromatic rings. The summed E-state index contributed by atoms with van der Waals surface area (Å²) in [4.78, 5) is 14.9. The van der Waals surface area contributed by atoms with Crippen molar-refractivity contribution in [1.82, 2.24) is 0 Å². The van der Waals surface area contributed by atoms with Gasteiger partial charge < -0.3 is 9.64 Å². The number of carbonyl (C=O) groups excluding carboxylic acids is 1. The van der Waals surface area contributed by atoms with Crippen LogP contribution in [0.15, 0.2) is 60.7 Å². The molecule has 0 N–H and O–H groups in total. The van der Waals surface area contributed by atoms with Crippen LogP contribution in [-0.2, 0) is 16.1 Å². The standard InChI is InChI=1S/C21H27NO2/c1-16(2)20(21(23)24-17(3)4)22(19-13-9-6-10-14-19)15-18-11-7-5-8-12-18/h5-14,16-17,20H,15H2,1-4H3. The maximum atomic E-state index is 12.7. The zero-order valence-corrected chi connectivity index (χ0v) is 15.0. The van der Waals surface area contributed by atoms with Crippen LogP contribution in [0.25, 0.3) is 0 Å². The van der Waals surface area contributed by atoms with E-state index in [0.717, 1.165) is 5.69 Å². The van der Waals surface area contributed by atoms with Crippen molar-refractivity contribution in [3.63, 3.8) is 0 Å². The van der Waals surface area contributed by atoms with E-state index in [0.29, 0.717) is 6.54 Å². The quantitative estimate of drug-likeness (QED) is 0.693. The molecular weight excluding hydrogens is 298 g/mol. The molecule has 0 aliphatic heterocycles. The van der Waals surface area contributed by atoms with Crippen LogP contribution < -0.4 is 4.90 Å². The molecule has 128 valence electrons. The maximum Gasteiger partial charge on any atom is 0.329 e. The molecule has 2 rings (SSSR count). The van der Waals surface area contributed by atoms with E-state index in [4.69, 9.17) is 4.74 Å². The molecule has 1 atom stereocenters. The fraction of sp³-hybridized carbons (Fsp3) is 0.381. The lowest BCUT2D eigenvalue weighted by atomic mass is 10.0. The lowest BCUT2D eigenvalue weighted by molar-refractivity contribution is -0.150.